The van der Waals surface area contributed by atoms with Gasteiger partial charge in [0.15, 0.2) is 0 Å². The minimum Gasteiger partial charge on any atom is -0.379 e. The lowest BCUT2D eigenvalue weighted by Gasteiger charge is -2.06. The highest BCUT2D eigenvalue weighted by atomic mass is 16.3. The molecular weight excluding hydrogens is 214 g/mol. The quantitative estimate of drug-likeness (QED) is 0.678. The van der Waals surface area contributed by atoms with E-state index in [1.54, 1.807) is 0 Å². The summed E-state index contributed by atoms with van der Waals surface area (Å²) in [4.78, 5) is 0. The molecule has 5 N–H and O–H groups in total. The molecule has 1 aromatic heterocycles. The van der Waals surface area contributed by atoms with Gasteiger partial charge in [-0.1, -0.05) is 18.2 Å². The second kappa shape index (κ2) is 5.31. The van der Waals surface area contributed by atoms with Gasteiger partial charge in [0.05, 0.1) is 0 Å². The number of hydrogen-bond donors (Lipinski definition) is 3. The van der Waals surface area contributed by atoms with Crippen molar-refractivity contribution in [2.45, 2.75) is 32.2 Å². The van der Waals surface area contributed by atoms with Crippen LogP contribution in [0.4, 0.5) is 0 Å². The van der Waals surface area contributed by atoms with Crippen molar-refractivity contribution in [2.75, 3.05) is 0 Å². The molecule has 0 spiro atoms. The van der Waals surface area contributed by atoms with Crippen LogP contribution in [0.5, 0.6) is 0 Å². The van der Waals surface area contributed by atoms with Crippen LogP contribution in [0.25, 0.3) is 10.9 Å². The van der Waals surface area contributed by atoms with Crippen LogP contribution in [0.15, 0.2) is 30.5 Å². The molecule has 0 saturated heterocycles. The topological polar surface area (TPSA) is 77.2 Å². The summed E-state index contributed by atoms with van der Waals surface area (Å²) < 4.78 is 2.18. The van der Waals surface area contributed by atoms with Crippen molar-refractivity contribution in [3.8, 4) is 0 Å². The molecule has 1 heterocycles. The molecular formula is C13H19N3O. The van der Waals surface area contributed by atoms with Crippen molar-refractivity contribution in [2.24, 2.45) is 11.5 Å². The maximum atomic E-state index is 9.04. The fourth-order valence-corrected chi connectivity index (χ4v) is 2.14. The Morgan fingerprint density at radius 2 is 2.06 bits per heavy atom. The van der Waals surface area contributed by atoms with Gasteiger partial charge < -0.3 is 21.1 Å². The first kappa shape index (κ1) is 12.1. The zero-order chi connectivity index (χ0) is 12.3. The van der Waals surface area contributed by atoms with Crippen molar-refractivity contribution in [3.05, 3.63) is 36.0 Å². The number of rotatable bonds is 5. The Morgan fingerprint density at radius 3 is 2.76 bits per heavy atom. The fraction of sp³-hybridized carbons (Fsp3) is 0.385. The summed E-state index contributed by atoms with van der Waals surface area (Å²) in [5.41, 5.74) is 13.4. The first-order chi connectivity index (χ1) is 8.22. The largest absolute Gasteiger partial charge is 0.379 e. The van der Waals surface area contributed by atoms with Gasteiger partial charge in [0.2, 0.25) is 0 Å². The summed E-state index contributed by atoms with van der Waals surface area (Å²) in [6.07, 6.45) is 2.85. The third-order valence-electron chi connectivity index (χ3n) is 2.99. The van der Waals surface area contributed by atoms with E-state index in [1.165, 1.54) is 10.9 Å². The number of benzene rings is 1. The predicted molar refractivity (Wildman–Crippen MR) is 69.3 cm³/mol. The molecule has 0 aliphatic carbocycles. The van der Waals surface area contributed by atoms with Crippen molar-refractivity contribution in [1.29, 1.82) is 0 Å². The summed E-state index contributed by atoms with van der Waals surface area (Å²) in [5.74, 6) is 0. The van der Waals surface area contributed by atoms with Crippen LogP contribution >= 0.6 is 0 Å². The molecule has 1 atom stereocenters. The van der Waals surface area contributed by atoms with Crippen molar-refractivity contribution >= 4 is 10.9 Å². The highest BCUT2D eigenvalue weighted by Crippen LogP contribution is 2.21. The molecule has 1 unspecified atom stereocenters. The highest BCUT2D eigenvalue weighted by molar-refractivity contribution is 5.83. The standard InChI is InChI=1S/C13H19N3O/c14-8-10-9-16(7-3-6-13(15)17)12-5-2-1-4-11(10)12/h1-2,4-5,9,13,17H,3,6-8,14-15H2. The molecule has 4 heteroatoms. The van der Waals surface area contributed by atoms with Gasteiger partial charge in [-0.3, -0.25) is 0 Å². The summed E-state index contributed by atoms with van der Waals surface area (Å²) in [6, 6.07) is 8.23. The summed E-state index contributed by atoms with van der Waals surface area (Å²) in [7, 11) is 0. The predicted octanol–water partition coefficient (Wildman–Crippen LogP) is 1.16. The van der Waals surface area contributed by atoms with E-state index in [0.29, 0.717) is 13.0 Å². The second-order valence-electron chi connectivity index (χ2n) is 4.28. The van der Waals surface area contributed by atoms with E-state index in [2.05, 4.69) is 22.9 Å². The first-order valence-electron chi connectivity index (χ1n) is 5.93. The lowest BCUT2D eigenvalue weighted by molar-refractivity contribution is 0.167. The normalized spacial score (nSPS) is 13.1. The maximum absolute atomic E-state index is 9.04. The average molecular weight is 233 g/mol. The third kappa shape index (κ3) is 2.66. The summed E-state index contributed by atoms with van der Waals surface area (Å²) in [6.45, 7) is 1.40. The molecule has 0 fully saturated rings. The number of aryl methyl sites for hydroxylation is 1. The van der Waals surface area contributed by atoms with Gasteiger partial charge in [0, 0.05) is 30.2 Å². The molecule has 0 aliphatic heterocycles. The second-order valence-corrected chi connectivity index (χ2v) is 4.28. The van der Waals surface area contributed by atoms with E-state index in [1.807, 2.05) is 12.1 Å². The number of aliphatic hydroxyl groups excluding tert-OH is 1. The number of fused-ring (bicyclic) bond motifs is 1. The smallest absolute Gasteiger partial charge is 0.102 e. The zero-order valence-electron chi connectivity index (χ0n) is 9.84. The number of para-hydroxylation sites is 1. The minimum atomic E-state index is -0.717. The van der Waals surface area contributed by atoms with E-state index in [-0.39, 0.29) is 0 Å². The first-order valence-corrected chi connectivity index (χ1v) is 5.93. The van der Waals surface area contributed by atoms with Gasteiger partial charge in [-0.2, -0.15) is 0 Å². The summed E-state index contributed by atoms with van der Waals surface area (Å²) >= 11 is 0. The molecule has 0 bridgehead atoms. The molecule has 4 nitrogen and oxygen atoms in total. The van der Waals surface area contributed by atoms with Crippen LogP contribution in [-0.4, -0.2) is 15.9 Å². The molecule has 1 aromatic carbocycles. The number of nitrogens with zero attached hydrogens (tertiary/aromatic N) is 1. The molecule has 92 valence electrons. The molecule has 2 rings (SSSR count). The molecule has 2 aromatic rings. The van der Waals surface area contributed by atoms with Crippen molar-refractivity contribution in [3.63, 3.8) is 0 Å². The van der Waals surface area contributed by atoms with Crippen LogP contribution in [0, 0.1) is 0 Å². The molecule has 0 radical (unpaired) electrons. The molecule has 0 saturated carbocycles. The lowest BCUT2D eigenvalue weighted by atomic mass is 10.2. The fourth-order valence-electron chi connectivity index (χ4n) is 2.14. The van der Waals surface area contributed by atoms with Crippen LogP contribution in [0.3, 0.4) is 0 Å². The number of hydrogen-bond acceptors (Lipinski definition) is 3. The Labute approximate surface area is 101 Å². The monoisotopic (exact) mass is 233 g/mol. The number of aromatic nitrogens is 1. The maximum Gasteiger partial charge on any atom is 0.102 e. The third-order valence-corrected chi connectivity index (χ3v) is 2.99. The summed E-state index contributed by atoms with van der Waals surface area (Å²) in [5, 5.41) is 10.3. The highest BCUT2D eigenvalue weighted by Gasteiger charge is 2.06. The number of aliphatic hydroxyl groups is 1. The average Bonchev–Trinajstić information content (AvgIpc) is 2.68. The van der Waals surface area contributed by atoms with E-state index >= 15 is 0 Å². The Balaban J connectivity index is 2.22. The SMILES string of the molecule is NCc1cn(CCCC(N)O)c2ccccc12. The van der Waals surface area contributed by atoms with Crippen LogP contribution in [-0.2, 0) is 13.1 Å². The Bertz CT molecular complexity index is 490. The lowest BCUT2D eigenvalue weighted by Crippen LogP contribution is -2.18. The van der Waals surface area contributed by atoms with Gasteiger partial charge in [-0.25, -0.2) is 0 Å². The van der Waals surface area contributed by atoms with Gasteiger partial charge in [-0.15, -0.1) is 0 Å². The van der Waals surface area contributed by atoms with Gasteiger partial charge >= 0.3 is 0 Å². The van der Waals surface area contributed by atoms with E-state index < -0.39 is 6.23 Å². The minimum absolute atomic E-state index is 0.549. The number of nitrogens with two attached hydrogens (primary N) is 2. The molecule has 0 amide bonds. The van der Waals surface area contributed by atoms with Gasteiger partial charge in [-0.05, 0) is 24.5 Å². The Hall–Kier alpha value is -1.36. The Morgan fingerprint density at radius 1 is 1.29 bits per heavy atom. The van der Waals surface area contributed by atoms with Gasteiger partial charge in [0.25, 0.3) is 0 Å². The molecule has 17 heavy (non-hydrogen) atoms. The van der Waals surface area contributed by atoms with E-state index in [4.69, 9.17) is 16.6 Å². The van der Waals surface area contributed by atoms with Crippen molar-refractivity contribution in [1.82, 2.24) is 4.57 Å². The zero-order valence-corrected chi connectivity index (χ0v) is 9.84. The van der Waals surface area contributed by atoms with Crippen molar-refractivity contribution < 1.29 is 5.11 Å². The van der Waals surface area contributed by atoms with Crippen LogP contribution in [0.2, 0.25) is 0 Å². The van der Waals surface area contributed by atoms with Crippen LogP contribution in [0.1, 0.15) is 18.4 Å². The van der Waals surface area contributed by atoms with E-state index in [9.17, 15) is 0 Å². The Kier molecular flexibility index (Phi) is 3.78. The van der Waals surface area contributed by atoms with Crippen LogP contribution < -0.4 is 11.5 Å². The van der Waals surface area contributed by atoms with E-state index in [0.717, 1.165) is 18.5 Å². The van der Waals surface area contributed by atoms with Gasteiger partial charge in [0.1, 0.15) is 6.23 Å². The molecule has 0 aliphatic rings.